The van der Waals surface area contributed by atoms with Crippen molar-refractivity contribution < 1.29 is 19.4 Å². The van der Waals surface area contributed by atoms with Crippen molar-refractivity contribution in [2.24, 2.45) is 5.10 Å². The highest BCUT2D eigenvalue weighted by Gasteiger charge is 2.19. The fourth-order valence-corrected chi connectivity index (χ4v) is 3.74. The van der Waals surface area contributed by atoms with Gasteiger partial charge in [-0.1, -0.05) is 48.5 Å². The van der Waals surface area contributed by atoms with Gasteiger partial charge in [-0.2, -0.15) is 5.10 Å². The Morgan fingerprint density at radius 3 is 2.42 bits per heavy atom. The van der Waals surface area contributed by atoms with Crippen LogP contribution in [0.25, 0.3) is 0 Å². The third-order valence-corrected chi connectivity index (χ3v) is 5.51. The molecule has 7 nitrogen and oxygen atoms in total. The van der Waals surface area contributed by atoms with Gasteiger partial charge in [0.05, 0.1) is 28.9 Å². The van der Waals surface area contributed by atoms with E-state index >= 15 is 0 Å². The molecule has 0 unspecified atom stereocenters. The summed E-state index contributed by atoms with van der Waals surface area (Å²) < 4.78 is 6.03. The highest BCUT2D eigenvalue weighted by molar-refractivity contribution is 14.1. The van der Waals surface area contributed by atoms with Crippen molar-refractivity contribution in [2.75, 3.05) is 6.61 Å². The minimum Gasteiger partial charge on any atom is -0.504 e. The molecule has 0 saturated heterocycles. The lowest BCUT2D eigenvalue weighted by atomic mass is 10.0. The Morgan fingerprint density at radius 2 is 1.76 bits per heavy atom. The summed E-state index contributed by atoms with van der Waals surface area (Å²) in [5, 5.41) is 17.0. The molecule has 170 valence electrons. The van der Waals surface area contributed by atoms with E-state index in [4.69, 9.17) is 4.74 Å². The van der Waals surface area contributed by atoms with Crippen molar-refractivity contribution in [3.8, 4) is 11.5 Å². The average molecular weight is 557 g/mol. The number of aromatic hydroxyl groups is 1. The molecule has 0 spiro atoms. The maximum Gasteiger partial charge on any atom is 0.251 e. The van der Waals surface area contributed by atoms with Crippen molar-refractivity contribution in [3.63, 3.8) is 0 Å². The summed E-state index contributed by atoms with van der Waals surface area (Å²) in [4.78, 5) is 25.2. The Labute approximate surface area is 206 Å². The highest BCUT2D eigenvalue weighted by atomic mass is 127. The summed E-state index contributed by atoms with van der Waals surface area (Å²) in [6.45, 7) is 2.24. The lowest BCUT2D eigenvalue weighted by Crippen LogP contribution is -2.32. The van der Waals surface area contributed by atoms with Crippen LogP contribution in [0.2, 0.25) is 0 Å². The molecule has 3 N–H and O–H groups in total. The zero-order chi connectivity index (χ0) is 23.6. The molecule has 0 radical (unpaired) electrons. The topological polar surface area (TPSA) is 100 Å². The zero-order valence-electron chi connectivity index (χ0n) is 18.0. The molecule has 0 aliphatic rings. The van der Waals surface area contributed by atoms with Gasteiger partial charge in [0.25, 0.3) is 5.91 Å². The maximum atomic E-state index is 12.6. The molecule has 2 amide bonds. The van der Waals surface area contributed by atoms with Crippen LogP contribution in [-0.2, 0) is 4.79 Å². The first-order chi connectivity index (χ1) is 16.0. The second-order valence-electron chi connectivity index (χ2n) is 7.08. The maximum absolute atomic E-state index is 12.6. The summed E-state index contributed by atoms with van der Waals surface area (Å²) >= 11 is 2.00. The van der Waals surface area contributed by atoms with E-state index in [9.17, 15) is 14.7 Å². The molecular weight excluding hydrogens is 533 g/mol. The number of benzene rings is 3. The lowest BCUT2D eigenvalue weighted by Gasteiger charge is -2.18. The van der Waals surface area contributed by atoms with Gasteiger partial charge in [0.15, 0.2) is 11.5 Å². The number of phenolic OH excluding ortho intramolecular Hbond substituents is 1. The van der Waals surface area contributed by atoms with Crippen LogP contribution in [0.5, 0.6) is 11.5 Å². The minimum absolute atomic E-state index is 0.0111. The van der Waals surface area contributed by atoms with Crippen LogP contribution in [0.4, 0.5) is 0 Å². The molecule has 1 atom stereocenters. The Bertz CT molecular complexity index is 1120. The number of rotatable bonds is 9. The van der Waals surface area contributed by atoms with Crippen molar-refractivity contribution >= 4 is 40.6 Å². The van der Waals surface area contributed by atoms with Gasteiger partial charge in [0, 0.05) is 5.56 Å². The smallest absolute Gasteiger partial charge is 0.251 e. The van der Waals surface area contributed by atoms with Crippen LogP contribution in [0.1, 0.15) is 40.9 Å². The largest absolute Gasteiger partial charge is 0.504 e. The number of carbonyl (C=O) groups is 2. The van der Waals surface area contributed by atoms with Gasteiger partial charge >= 0.3 is 0 Å². The Morgan fingerprint density at radius 1 is 1.09 bits per heavy atom. The third-order valence-electron chi connectivity index (χ3n) is 4.69. The first-order valence-electron chi connectivity index (χ1n) is 10.4. The number of hydrazone groups is 1. The summed E-state index contributed by atoms with van der Waals surface area (Å²) in [7, 11) is 0. The zero-order valence-corrected chi connectivity index (χ0v) is 20.2. The molecule has 33 heavy (non-hydrogen) atoms. The molecule has 0 aliphatic heterocycles. The highest BCUT2D eigenvalue weighted by Crippen LogP contribution is 2.32. The molecular formula is C25H24IN3O4. The van der Waals surface area contributed by atoms with Crippen LogP contribution in [0.15, 0.2) is 77.9 Å². The summed E-state index contributed by atoms with van der Waals surface area (Å²) in [5.74, 6) is -0.196. The quantitative estimate of drug-likeness (QED) is 0.206. The number of halogens is 1. The summed E-state index contributed by atoms with van der Waals surface area (Å²) in [6.07, 6.45) is 1.49. The summed E-state index contributed by atoms with van der Waals surface area (Å²) in [6, 6.07) is 21.0. The van der Waals surface area contributed by atoms with Gasteiger partial charge in [-0.3, -0.25) is 9.59 Å². The van der Waals surface area contributed by atoms with E-state index in [1.54, 1.807) is 36.4 Å². The van der Waals surface area contributed by atoms with Crippen LogP contribution >= 0.6 is 22.6 Å². The molecule has 0 heterocycles. The molecule has 3 rings (SSSR count). The number of nitrogens with zero attached hydrogens (tertiary/aromatic N) is 1. The second-order valence-corrected chi connectivity index (χ2v) is 8.24. The summed E-state index contributed by atoms with van der Waals surface area (Å²) in [5.41, 5.74) is 4.50. The Hall–Kier alpha value is -3.40. The number of phenols is 1. The first kappa shape index (κ1) is 24.2. The number of hydrogen-bond acceptors (Lipinski definition) is 5. The van der Waals surface area contributed by atoms with E-state index in [1.807, 2.05) is 65.9 Å². The normalized spacial score (nSPS) is 11.7. The fourth-order valence-electron chi connectivity index (χ4n) is 3.11. The molecule has 0 fully saturated rings. The molecule has 8 heteroatoms. The van der Waals surface area contributed by atoms with E-state index in [0.29, 0.717) is 27.1 Å². The van der Waals surface area contributed by atoms with Gasteiger partial charge in [-0.05, 0) is 64.9 Å². The van der Waals surface area contributed by atoms with Gasteiger partial charge < -0.3 is 15.2 Å². The van der Waals surface area contributed by atoms with E-state index in [2.05, 4.69) is 15.8 Å². The van der Waals surface area contributed by atoms with Gasteiger partial charge in [-0.15, -0.1) is 0 Å². The van der Waals surface area contributed by atoms with Crippen molar-refractivity contribution in [1.82, 2.24) is 10.7 Å². The van der Waals surface area contributed by atoms with Gasteiger partial charge in [0.2, 0.25) is 5.91 Å². The van der Waals surface area contributed by atoms with Crippen molar-refractivity contribution in [3.05, 3.63) is 93.1 Å². The van der Waals surface area contributed by atoms with E-state index in [-0.39, 0.29) is 24.0 Å². The van der Waals surface area contributed by atoms with E-state index < -0.39 is 6.04 Å². The molecule has 3 aromatic rings. The van der Waals surface area contributed by atoms with Crippen LogP contribution in [0, 0.1) is 3.57 Å². The lowest BCUT2D eigenvalue weighted by molar-refractivity contribution is -0.121. The minimum atomic E-state index is -0.520. The second kappa shape index (κ2) is 12.0. The molecule has 0 bridgehead atoms. The predicted molar refractivity (Wildman–Crippen MR) is 135 cm³/mol. The van der Waals surface area contributed by atoms with E-state index in [1.165, 1.54) is 6.21 Å². The van der Waals surface area contributed by atoms with Crippen molar-refractivity contribution in [1.29, 1.82) is 0 Å². The first-order valence-corrected chi connectivity index (χ1v) is 11.4. The predicted octanol–water partition coefficient (Wildman–Crippen LogP) is 4.41. The SMILES string of the molecule is CCOc1cc(/C=N\NC(=O)C[C@@H](NC(=O)c2ccccc2)c2ccccc2)cc(I)c1O. The van der Waals surface area contributed by atoms with Crippen LogP contribution < -0.4 is 15.5 Å². The van der Waals surface area contributed by atoms with Crippen LogP contribution in [0.3, 0.4) is 0 Å². The van der Waals surface area contributed by atoms with Gasteiger partial charge in [0.1, 0.15) is 0 Å². The Balaban J connectivity index is 1.68. The number of nitrogens with one attached hydrogen (secondary N) is 2. The number of amides is 2. The van der Waals surface area contributed by atoms with E-state index in [0.717, 1.165) is 5.56 Å². The monoisotopic (exact) mass is 557 g/mol. The third kappa shape index (κ3) is 7.04. The number of ether oxygens (including phenoxy) is 1. The van der Waals surface area contributed by atoms with Crippen LogP contribution in [-0.4, -0.2) is 29.7 Å². The fraction of sp³-hybridized carbons (Fsp3) is 0.160. The number of hydrogen-bond donors (Lipinski definition) is 3. The van der Waals surface area contributed by atoms with Gasteiger partial charge in [-0.25, -0.2) is 5.43 Å². The molecule has 3 aromatic carbocycles. The molecule has 0 aliphatic carbocycles. The number of carbonyl (C=O) groups excluding carboxylic acids is 2. The van der Waals surface area contributed by atoms with Crippen molar-refractivity contribution in [2.45, 2.75) is 19.4 Å². The Kier molecular flexibility index (Phi) is 8.82. The average Bonchev–Trinajstić information content (AvgIpc) is 2.83. The molecule has 0 aromatic heterocycles. The molecule has 0 saturated carbocycles. The standard InChI is InChI=1S/C25H24IN3O4/c1-2-33-22-14-17(13-20(26)24(22)31)16-27-29-23(30)15-21(18-9-5-3-6-10-18)28-25(32)19-11-7-4-8-12-19/h3-14,16,21,31H,2,15H2,1H3,(H,28,32)(H,29,30)/b27-16-/t21-/m1/s1.